The van der Waals surface area contributed by atoms with E-state index in [1.54, 1.807) is 32.0 Å². The van der Waals surface area contributed by atoms with Gasteiger partial charge in [0.1, 0.15) is 10.6 Å². The van der Waals surface area contributed by atoms with Crippen molar-refractivity contribution in [3.8, 4) is 11.4 Å². The molecule has 0 radical (unpaired) electrons. The number of aromatic nitrogens is 2. The standard InChI is InChI=1S/C19H26N4O3S/c1-13-12-26-10-9-23(13)17-11-16(19(2,3)27(4,24)25)21-18(22-17)14-5-7-15(20)8-6-14/h5-8,11,13H,9-10,12,20H2,1-4H3/t13-/m0/s1. The van der Waals surface area contributed by atoms with Gasteiger partial charge in [0, 0.05) is 30.1 Å². The van der Waals surface area contributed by atoms with Gasteiger partial charge >= 0.3 is 0 Å². The van der Waals surface area contributed by atoms with Gasteiger partial charge in [-0.25, -0.2) is 18.4 Å². The molecule has 0 spiro atoms. The van der Waals surface area contributed by atoms with Crippen LogP contribution in [-0.2, 0) is 19.3 Å². The van der Waals surface area contributed by atoms with Gasteiger partial charge in [0.2, 0.25) is 0 Å². The fourth-order valence-corrected chi connectivity index (χ4v) is 3.39. The highest BCUT2D eigenvalue weighted by Gasteiger charge is 2.35. The van der Waals surface area contributed by atoms with Gasteiger partial charge in [-0.05, 0) is 45.0 Å². The first-order chi connectivity index (χ1) is 12.6. The summed E-state index contributed by atoms with van der Waals surface area (Å²) in [4.78, 5) is 11.5. The number of benzene rings is 1. The molecule has 27 heavy (non-hydrogen) atoms. The van der Waals surface area contributed by atoms with Crippen molar-refractivity contribution in [1.82, 2.24) is 9.97 Å². The Morgan fingerprint density at radius 1 is 1.22 bits per heavy atom. The number of nitrogen functional groups attached to an aromatic ring is 1. The summed E-state index contributed by atoms with van der Waals surface area (Å²) in [7, 11) is -3.38. The smallest absolute Gasteiger partial charge is 0.161 e. The molecule has 0 aliphatic carbocycles. The molecule has 2 N–H and O–H groups in total. The molecular formula is C19H26N4O3S. The van der Waals surface area contributed by atoms with Crippen LogP contribution in [0, 0.1) is 0 Å². The molecule has 146 valence electrons. The first-order valence-corrected chi connectivity index (χ1v) is 10.8. The fourth-order valence-electron chi connectivity index (χ4n) is 2.91. The molecule has 7 nitrogen and oxygen atoms in total. The molecule has 1 aliphatic rings. The predicted molar refractivity (Wildman–Crippen MR) is 107 cm³/mol. The molecule has 2 aromatic rings. The second-order valence-electron chi connectivity index (χ2n) is 7.46. The van der Waals surface area contributed by atoms with Crippen LogP contribution in [-0.4, -0.2) is 50.4 Å². The molecule has 1 aromatic carbocycles. The van der Waals surface area contributed by atoms with Crippen LogP contribution in [0.3, 0.4) is 0 Å². The summed E-state index contributed by atoms with van der Waals surface area (Å²) in [5.41, 5.74) is 7.69. The minimum absolute atomic E-state index is 0.141. The van der Waals surface area contributed by atoms with Crippen LogP contribution in [0.5, 0.6) is 0 Å². The van der Waals surface area contributed by atoms with E-state index in [2.05, 4.69) is 16.8 Å². The highest BCUT2D eigenvalue weighted by atomic mass is 32.2. The first-order valence-electron chi connectivity index (χ1n) is 8.89. The van der Waals surface area contributed by atoms with E-state index in [0.717, 1.165) is 5.56 Å². The minimum Gasteiger partial charge on any atom is -0.399 e. The number of nitrogens with two attached hydrogens (primary N) is 1. The van der Waals surface area contributed by atoms with E-state index in [0.29, 0.717) is 42.8 Å². The van der Waals surface area contributed by atoms with Gasteiger partial charge in [-0.2, -0.15) is 0 Å². The quantitative estimate of drug-likeness (QED) is 0.799. The van der Waals surface area contributed by atoms with Crippen molar-refractivity contribution in [2.45, 2.75) is 31.6 Å². The van der Waals surface area contributed by atoms with Crippen molar-refractivity contribution < 1.29 is 13.2 Å². The molecule has 3 rings (SSSR count). The zero-order chi connectivity index (χ0) is 19.8. The zero-order valence-corrected chi connectivity index (χ0v) is 17.0. The number of sulfone groups is 1. The molecule has 0 amide bonds. The molecule has 1 aliphatic heterocycles. The third kappa shape index (κ3) is 3.91. The van der Waals surface area contributed by atoms with E-state index in [9.17, 15) is 8.42 Å². The average Bonchev–Trinajstić information content (AvgIpc) is 2.61. The topological polar surface area (TPSA) is 98.4 Å². The van der Waals surface area contributed by atoms with Gasteiger partial charge in [-0.15, -0.1) is 0 Å². The van der Waals surface area contributed by atoms with Crippen molar-refractivity contribution in [3.63, 3.8) is 0 Å². The van der Waals surface area contributed by atoms with Gasteiger partial charge in [-0.3, -0.25) is 0 Å². The van der Waals surface area contributed by atoms with Crippen LogP contribution >= 0.6 is 0 Å². The Morgan fingerprint density at radius 2 is 1.89 bits per heavy atom. The summed E-state index contributed by atoms with van der Waals surface area (Å²) in [6, 6.07) is 9.17. The zero-order valence-electron chi connectivity index (χ0n) is 16.1. The minimum atomic E-state index is -3.38. The summed E-state index contributed by atoms with van der Waals surface area (Å²) in [5, 5.41) is 0. The Kier molecular flexibility index (Phi) is 5.14. The van der Waals surface area contributed by atoms with Crippen molar-refractivity contribution in [2.75, 3.05) is 36.6 Å². The van der Waals surface area contributed by atoms with Gasteiger partial charge in [0.25, 0.3) is 0 Å². The number of ether oxygens (including phenoxy) is 1. The third-order valence-electron chi connectivity index (χ3n) is 5.09. The molecule has 0 unspecified atom stereocenters. The number of rotatable bonds is 4. The van der Waals surface area contributed by atoms with Gasteiger partial charge in [0.05, 0.1) is 24.9 Å². The second-order valence-corrected chi connectivity index (χ2v) is 10.0. The molecule has 1 aromatic heterocycles. The average molecular weight is 391 g/mol. The van der Waals surface area contributed by atoms with Crippen LogP contribution in [0.25, 0.3) is 11.4 Å². The Labute approximate surface area is 160 Å². The molecule has 8 heteroatoms. The summed E-state index contributed by atoms with van der Waals surface area (Å²) < 4.78 is 29.2. The highest BCUT2D eigenvalue weighted by Crippen LogP contribution is 2.32. The van der Waals surface area contributed by atoms with Crippen LogP contribution in [0.1, 0.15) is 26.5 Å². The summed E-state index contributed by atoms with van der Waals surface area (Å²) in [6.45, 7) is 7.31. The van der Waals surface area contributed by atoms with Crippen LogP contribution in [0.4, 0.5) is 11.5 Å². The van der Waals surface area contributed by atoms with E-state index in [1.807, 2.05) is 12.1 Å². The molecule has 1 saturated heterocycles. The van der Waals surface area contributed by atoms with Crippen molar-refractivity contribution in [3.05, 3.63) is 36.0 Å². The number of hydrogen-bond donors (Lipinski definition) is 1. The van der Waals surface area contributed by atoms with E-state index in [-0.39, 0.29) is 6.04 Å². The van der Waals surface area contributed by atoms with Crippen molar-refractivity contribution >= 4 is 21.3 Å². The summed E-state index contributed by atoms with van der Waals surface area (Å²) in [5.74, 6) is 1.19. The van der Waals surface area contributed by atoms with Gasteiger partial charge in [-0.1, -0.05) is 0 Å². The third-order valence-corrected chi connectivity index (χ3v) is 7.15. The maximum atomic E-state index is 12.4. The number of nitrogens with zero attached hydrogens (tertiary/aromatic N) is 3. The SMILES string of the molecule is C[C@H]1COCCN1c1cc(C(C)(C)S(C)(=O)=O)nc(-c2ccc(N)cc2)n1. The molecule has 0 bridgehead atoms. The summed E-state index contributed by atoms with van der Waals surface area (Å²) >= 11 is 0. The maximum absolute atomic E-state index is 12.4. The van der Waals surface area contributed by atoms with E-state index in [4.69, 9.17) is 15.5 Å². The lowest BCUT2D eigenvalue weighted by Crippen LogP contribution is -2.44. The van der Waals surface area contributed by atoms with Crippen LogP contribution in [0.2, 0.25) is 0 Å². The molecule has 2 heterocycles. The molecule has 1 fully saturated rings. The lowest BCUT2D eigenvalue weighted by molar-refractivity contribution is 0.0985. The lowest BCUT2D eigenvalue weighted by atomic mass is 10.1. The number of anilines is 2. The Bertz CT molecular complexity index is 926. The number of morpholine rings is 1. The van der Waals surface area contributed by atoms with Crippen molar-refractivity contribution in [2.24, 2.45) is 0 Å². The highest BCUT2D eigenvalue weighted by molar-refractivity contribution is 7.91. The van der Waals surface area contributed by atoms with E-state index < -0.39 is 14.6 Å². The Hall–Kier alpha value is -2.19. The predicted octanol–water partition coefficient (Wildman–Crippen LogP) is 2.23. The molecule has 0 saturated carbocycles. The fraction of sp³-hybridized carbons (Fsp3) is 0.474. The molecule has 1 atom stereocenters. The van der Waals surface area contributed by atoms with Crippen LogP contribution in [0.15, 0.2) is 30.3 Å². The first kappa shape index (κ1) is 19.6. The monoisotopic (exact) mass is 390 g/mol. The van der Waals surface area contributed by atoms with E-state index >= 15 is 0 Å². The van der Waals surface area contributed by atoms with Crippen LogP contribution < -0.4 is 10.6 Å². The normalized spacial score (nSPS) is 18.5. The summed E-state index contributed by atoms with van der Waals surface area (Å²) in [6.07, 6.45) is 1.23. The van der Waals surface area contributed by atoms with Gasteiger partial charge in [0.15, 0.2) is 15.7 Å². The van der Waals surface area contributed by atoms with E-state index in [1.165, 1.54) is 6.26 Å². The maximum Gasteiger partial charge on any atom is 0.161 e. The molecular weight excluding hydrogens is 364 g/mol. The second kappa shape index (κ2) is 7.09. The largest absolute Gasteiger partial charge is 0.399 e. The van der Waals surface area contributed by atoms with Crippen molar-refractivity contribution in [1.29, 1.82) is 0 Å². The van der Waals surface area contributed by atoms with Gasteiger partial charge < -0.3 is 15.4 Å². The Balaban J connectivity index is 2.17. The Morgan fingerprint density at radius 3 is 2.48 bits per heavy atom. The lowest BCUT2D eigenvalue weighted by Gasteiger charge is -2.35. The number of hydrogen-bond acceptors (Lipinski definition) is 7.